The third kappa shape index (κ3) is 0.773. The molecule has 1 atom stereocenters. The lowest BCUT2D eigenvalue weighted by Crippen LogP contribution is -2.21. The minimum absolute atomic E-state index is 0.204. The van der Waals surface area contributed by atoms with Gasteiger partial charge in [0.25, 0.3) is 0 Å². The average Bonchev–Trinajstić information content (AvgIpc) is 2.42. The summed E-state index contributed by atoms with van der Waals surface area (Å²) in [6.45, 7) is 8.24. The van der Waals surface area contributed by atoms with Crippen molar-refractivity contribution in [2.24, 2.45) is 0 Å². The molecule has 56 valence electrons. The molecule has 0 bridgehead atoms. The van der Waals surface area contributed by atoms with E-state index >= 15 is 0 Å². The van der Waals surface area contributed by atoms with E-state index in [-0.39, 0.29) is 8.07 Å². The zero-order valence-corrected chi connectivity index (χ0v) is 7.78. The Morgan fingerprint density at radius 3 is 2.50 bits per heavy atom. The second kappa shape index (κ2) is 2.06. The van der Waals surface area contributed by atoms with Crippen molar-refractivity contribution in [1.82, 2.24) is 4.67 Å². The van der Waals surface area contributed by atoms with Gasteiger partial charge in [0.1, 0.15) is 0 Å². The first-order valence-electron chi connectivity index (χ1n) is 3.98. The molecule has 0 amide bonds. The van der Waals surface area contributed by atoms with Crippen LogP contribution in [0.25, 0.3) is 0 Å². The molecule has 2 aliphatic rings. The minimum atomic E-state index is 0.204. The van der Waals surface area contributed by atoms with Gasteiger partial charge in [-0.3, -0.25) is 4.67 Å². The van der Waals surface area contributed by atoms with Gasteiger partial charge in [0.2, 0.25) is 0 Å². The molecule has 0 radical (unpaired) electrons. The molecule has 1 nitrogen and oxygen atoms in total. The summed E-state index contributed by atoms with van der Waals surface area (Å²) in [5.41, 5.74) is 0. The highest BCUT2D eigenvalue weighted by Gasteiger charge is 2.43. The van der Waals surface area contributed by atoms with Crippen molar-refractivity contribution in [1.29, 1.82) is 0 Å². The highest BCUT2D eigenvalue weighted by atomic mass is 31.1. The Morgan fingerprint density at radius 2 is 2.20 bits per heavy atom. The molecular weight excluding hydrogens is 141 g/mol. The molecule has 0 spiro atoms. The van der Waals surface area contributed by atoms with Gasteiger partial charge < -0.3 is 0 Å². The fourth-order valence-corrected chi connectivity index (χ4v) is 4.31. The summed E-state index contributed by atoms with van der Waals surface area (Å²) in [6.07, 6.45) is 1.37. The van der Waals surface area contributed by atoms with Gasteiger partial charge in [0.05, 0.1) is 0 Å². The van der Waals surface area contributed by atoms with Gasteiger partial charge >= 0.3 is 0 Å². The fourth-order valence-electron chi connectivity index (χ4n) is 1.73. The van der Waals surface area contributed by atoms with Crippen molar-refractivity contribution in [2.75, 3.05) is 6.54 Å². The first-order valence-corrected chi connectivity index (χ1v) is 5.27. The summed E-state index contributed by atoms with van der Waals surface area (Å²) >= 11 is 0. The Morgan fingerprint density at radius 1 is 1.50 bits per heavy atom. The van der Waals surface area contributed by atoms with Crippen LogP contribution < -0.4 is 0 Å². The lowest BCUT2D eigenvalue weighted by Gasteiger charge is -2.22. The summed E-state index contributed by atoms with van der Waals surface area (Å²) in [6, 6.07) is 0.765. The number of nitrogens with zero attached hydrogens (tertiary/aromatic N) is 1. The van der Waals surface area contributed by atoms with E-state index in [0.29, 0.717) is 0 Å². The molecule has 0 aromatic carbocycles. The van der Waals surface area contributed by atoms with E-state index in [2.05, 4.69) is 25.4 Å². The molecule has 10 heavy (non-hydrogen) atoms. The molecule has 2 rings (SSSR count). The van der Waals surface area contributed by atoms with Crippen molar-refractivity contribution >= 4 is 8.07 Å². The van der Waals surface area contributed by atoms with Crippen LogP contribution in [0.4, 0.5) is 0 Å². The lowest BCUT2D eigenvalue weighted by molar-refractivity contribution is 0.406. The Kier molecular flexibility index (Phi) is 1.40. The van der Waals surface area contributed by atoms with Crippen LogP contribution in [0.2, 0.25) is 0 Å². The van der Waals surface area contributed by atoms with Crippen LogP contribution >= 0.6 is 8.07 Å². The van der Waals surface area contributed by atoms with Gasteiger partial charge in [-0.1, -0.05) is 0 Å². The second-order valence-corrected chi connectivity index (χ2v) is 5.70. The Labute approximate surface area is 63.9 Å². The van der Waals surface area contributed by atoms with Crippen LogP contribution in [-0.4, -0.2) is 17.3 Å². The van der Waals surface area contributed by atoms with Gasteiger partial charge in [0, 0.05) is 20.7 Å². The van der Waals surface area contributed by atoms with Crippen LogP contribution in [0, 0.1) is 0 Å². The molecule has 1 unspecified atom stereocenters. The minimum Gasteiger partial charge on any atom is -0.272 e. The molecule has 0 aromatic heterocycles. The quantitative estimate of drug-likeness (QED) is 0.526. The van der Waals surface area contributed by atoms with Gasteiger partial charge in [-0.05, 0) is 37.8 Å². The smallest absolute Gasteiger partial charge is 0.0204 e. The first-order chi connectivity index (χ1) is 4.72. The van der Waals surface area contributed by atoms with E-state index in [1.54, 1.807) is 10.6 Å². The first kappa shape index (κ1) is 6.82. The van der Waals surface area contributed by atoms with Crippen molar-refractivity contribution in [3.05, 3.63) is 10.6 Å². The van der Waals surface area contributed by atoms with Gasteiger partial charge in [-0.2, -0.15) is 0 Å². The van der Waals surface area contributed by atoms with Crippen LogP contribution in [-0.2, 0) is 0 Å². The standard InChI is InChI=1S/C8H14NP/c1-6(2)9-5-4-8-7(3)10(8)9/h6H,4-5H2,1-3H3. The maximum absolute atomic E-state index is 2.65. The number of rotatable bonds is 1. The van der Waals surface area contributed by atoms with Crippen LogP contribution in [0.3, 0.4) is 0 Å². The summed E-state index contributed by atoms with van der Waals surface area (Å²) in [5.74, 6) is 0. The number of fused-ring (bicyclic) bond motifs is 1. The predicted molar refractivity (Wildman–Crippen MR) is 46.1 cm³/mol. The number of hydrogen-bond donors (Lipinski definition) is 0. The summed E-state index contributed by atoms with van der Waals surface area (Å²) in [7, 11) is 0.204. The maximum atomic E-state index is 2.65. The molecule has 1 saturated heterocycles. The molecule has 2 heteroatoms. The van der Waals surface area contributed by atoms with Crippen LogP contribution in [0.1, 0.15) is 27.2 Å². The summed E-state index contributed by atoms with van der Waals surface area (Å²) in [5, 5.41) is 3.51. The van der Waals surface area contributed by atoms with Crippen molar-refractivity contribution < 1.29 is 0 Å². The molecule has 1 fully saturated rings. The average molecular weight is 155 g/mol. The SMILES string of the molecule is CC1=C2CCN(C(C)C)P12. The van der Waals surface area contributed by atoms with Crippen LogP contribution in [0.15, 0.2) is 10.6 Å². The fraction of sp³-hybridized carbons (Fsp3) is 0.750. The molecule has 2 heterocycles. The normalized spacial score (nSPS) is 31.8. The second-order valence-electron chi connectivity index (χ2n) is 3.35. The summed E-state index contributed by atoms with van der Waals surface area (Å²) < 4.78 is 2.65. The highest BCUT2D eigenvalue weighted by molar-refractivity contribution is 7.72. The van der Waals surface area contributed by atoms with E-state index in [1.165, 1.54) is 13.0 Å². The largest absolute Gasteiger partial charge is 0.272 e. The van der Waals surface area contributed by atoms with Crippen molar-refractivity contribution in [3.63, 3.8) is 0 Å². The Hall–Kier alpha value is 0.130. The maximum Gasteiger partial charge on any atom is 0.0204 e. The zero-order chi connectivity index (χ0) is 7.30. The third-order valence-electron chi connectivity index (χ3n) is 2.37. The van der Waals surface area contributed by atoms with E-state index in [4.69, 9.17) is 0 Å². The summed E-state index contributed by atoms with van der Waals surface area (Å²) in [4.78, 5) is 0. The molecule has 0 N–H and O–H groups in total. The van der Waals surface area contributed by atoms with Gasteiger partial charge in [0.15, 0.2) is 0 Å². The topological polar surface area (TPSA) is 3.24 Å². The molecule has 2 aliphatic heterocycles. The molecule has 0 saturated carbocycles. The molecule has 0 aromatic rings. The Balaban J connectivity index is 2.06. The van der Waals surface area contributed by atoms with E-state index in [0.717, 1.165) is 6.04 Å². The third-order valence-corrected chi connectivity index (χ3v) is 5.30. The van der Waals surface area contributed by atoms with Gasteiger partial charge in [-0.15, -0.1) is 0 Å². The monoisotopic (exact) mass is 155 g/mol. The van der Waals surface area contributed by atoms with Crippen LogP contribution in [0.5, 0.6) is 0 Å². The van der Waals surface area contributed by atoms with Gasteiger partial charge in [-0.25, -0.2) is 0 Å². The van der Waals surface area contributed by atoms with Crippen molar-refractivity contribution in [3.8, 4) is 0 Å². The van der Waals surface area contributed by atoms with E-state index < -0.39 is 0 Å². The number of allylic oxidation sites excluding steroid dienone is 1. The lowest BCUT2D eigenvalue weighted by atomic mass is 10.3. The van der Waals surface area contributed by atoms with E-state index in [9.17, 15) is 0 Å². The Bertz CT molecular complexity index is 195. The predicted octanol–water partition coefficient (Wildman–Crippen LogP) is 2.74. The van der Waals surface area contributed by atoms with Crippen molar-refractivity contribution in [2.45, 2.75) is 33.2 Å². The molecule has 0 aliphatic carbocycles. The van der Waals surface area contributed by atoms with E-state index in [1.807, 2.05) is 0 Å². The highest BCUT2D eigenvalue weighted by Crippen LogP contribution is 2.76. The number of hydrogen-bond acceptors (Lipinski definition) is 1. The molecular formula is C8H14NP. The zero-order valence-electron chi connectivity index (χ0n) is 6.89.